The van der Waals surface area contributed by atoms with E-state index in [1.165, 1.54) is 16.2 Å². The number of nitrogens with zero attached hydrogens (tertiary/aromatic N) is 1. The van der Waals surface area contributed by atoms with Crippen LogP contribution in [0.1, 0.15) is 6.85 Å². The molecule has 0 radical (unpaired) electrons. The molecule has 0 amide bonds. The zero-order valence-corrected chi connectivity index (χ0v) is 15.5. The molecule has 0 saturated heterocycles. The van der Waals surface area contributed by atoms with Crippen molar-refractivity contribution in [3.8, 4) is 0 Å². The third-order valence-corrected chi connectivity index (χ3v) is 5.43. The van der Waals surface area contributed by atoms with E-state index in [0.717, 1.165) is 21.8 Å². The summed E-state index contributed by atoms with van der Waals surface area (Å²) in [5.41, 5.74) is 1.58. The highest BCUT2D eigenvalue weighted by atomic mass is 15.1. The van der Waals surface area contributed by atoms with E-state index in [2.05, 4.69) is 42.5 Å². The van der Waals surface area contributed by atoms with Crippen LogP contribution >= 0.6 is 0 Å². The first-order chi connectivity index (χ1) is 16.5. The lowest BCUT2D eigenvalue weighted by molar-refractivity contribution is 1.29. The quantitative estimate of drug-likeness (QED) is 0.283. The first-order valence-electron chi connectivity index (χ1n) is 12.1. The van der Waals surface area contributed by atoms with E-state index in [0.29, 0.717) is 5.69 Å². The predicted octanol–water partition coefficient (Wildman–Crippen LogP) is 8.05. The lowest BCUT2D eigenvalue weighted by Gasteiger charge is -2.26. The summed E-state index contributed by atoms with van der Waals surface area (Å²) in [6.45, 7) is 0. The molecule has 0 bridgehead atoms. The second-order valence-electron chi connectivity index (χ2n) is 7.12. The fourth-order valence-electron chi connectivity index (χ4n) is 4.21. The van der Waals surface area contributed by atoms with E-state index in [4.69, 9.17) is 6.85 Å². The molecule has 0 spiro atoms. The first-order valence-corrected chi connectivity index (χ1v) is 9.55. The maximum Gasteiger partial charge on any atom is 0.0645 e. The Bertz CT molecular complexity index is 1620. The van der Waals surface area contributed by atoms with Crippen LogP contribution in [0.15, 0.2) is 115 Å². The molecule has 1 heteroatoms. The van der Waals surface area contributed by atoms with Crippen LogP contribution in [0.3, 0.4) is 0 Å². The van der Waals surface area contributed by atoms with E-state index >= 15 is 0 Å². The molecule has 0 aliphatic rings. The third-order valence-electron chi connectivity index (χ3n) is 5.43. The van der Waals surface area contributed by atoms with Gasteiger partial charge >= 0.3 is 0 Å². The van der Waals surface area contributed by atoms with E-state index in [1.807, 2.05) is 42.5 Å². The number of rotatable bonds is 3. The summed E-state index contributed by atoms with van der Waals surface area (Å²) in [6.07, 6.45) is 0. The second-order valence-corrected chi connectivity index (χ2v) is 7.12. The maximum atomic E-state index is 8.62. The fraction of sp³-hybridized carbons (Fsp3) is 0. The third kappa shape index (κ3) is 2.55. The number of anilines is 3. The molecule has 0 aromatic heterocycles. The summed E-state index contributed by atoms with van der Waals surface area (Å²) in [6, 6.07) is 26.5. The monoisotopic (exact) mass is 374 g/mol. The minimum absolute atomic E-state index is 0.130. The van der Waals surface area contributed by atoms with Gasteiger partial charge in [0, 0.05) is 17.1 Å². The van der Waals surface area contributed by atoms with Crippen molar-refractivity contribution in [3.63, 3.8) is 0 Å². The Balaban J connectivity index is 1.70. The Morgan fingerprint density at radius 2 is 1.07 bits per heavy atom. The van der Waals surface area contributed by atoms with Crippen LogP contribution in [0.25, 0.3) is 32.3 Å². The van der Waals surface area contributed by atoms with Gasteiger partial charge in [0.2, 0.25) is 0 Å². The van der Waals surface area contributed by atoms with Crippen molar-refractivity contribution in [1.82, 2.24) is 0 Å². The van der Waals surface area contributed by atoms with E-state index in [-0.39, 0.29) is 29.9 Å². The highest BCUT2D eigenvalue weighted by molar-refractivity contribution is 6.23. The molecule has 136 valence electrons. The van der Waals surface area contributed by atoms with Gasteiger partial charge in [-0.1, -0.05) is 78.8 Å². The summed E-state index contributed by atoms with van der Waals surface area (Å²) in [7, 11) is 0. The summed E-state index contributed by atoms with van der Waals surface area (Å²) in [5.74, 6) is 0. The van der Waals surface area contributed by atoms with Crippen molar-refractivity contribution in [2.75, 3.05) is 4.90 Å². The molecule has 0 saturated carbocycles. The Morgan fingerprint density at radius 1 is 0.483 bits per heavy atom. The van der Waals surface area contributed by atoms with Crippen LogP contribution in [-0.4, -0.2) is 0 Å². The summed E-state index contributed by atoms with van der Waals surface area (Å²) in [5, 5.41) is 6.78. The van der Waals surface area contributed by atoms with Crippen LogP contribution < -0.4 is 4.90 Å². The molecule has 0 fully saturated rings. The minimum Gasteiger partial charge on any atom is -0.310 e. The van der Waals surface area contributed by atoms with Crippen molar-refractivity contribution in [1.29, 1.82) is 0 Å². The highest BCUT2D eigenvalue weighted by Gasteiger charge is 2.15. The standard InChI is InChI=1S/C28H19N/c1-3-10-24(11-4-1)29(25-12-5-2-6-13-25)26-18-22-16-14-20-8-7-9-21-15-17-23(19-26)28(22)27(20)21/h1-19H/i1D,3D,4D,10D,11D. The van der Waals surface area contributed by atoms with Gasteiger partial charge in [-0.3, -0.25) is 0 Å². The van der Waals surface area contributed by atoms with Gasteiger partial charge in [0.1, 0.15) is 0 Å². The Kier molecular flexibility index (Phi) is 2.60. The molecule has 0 atom stereocenters. The van der Waals surface area contributed by atoms with Gasteiger partial charge in [0.25, 0.3) is 0 Å². The van der Waals surface area contributed by atoms with Gasteiger partial charge in [-0.2, -0.15) is 0 Å². The van der Waals surface area contributed by atoms with Crippen LogP contribution in [-0.2, 0) is 0 Å². The molecule has 0 N–H and O–H groups in total. The van der Waals surface area contributed by atoms with Gasteiger partial charge < -0.3 is 4.90 Å². The van der Waals surface area contributed by atoms with E-state index in [9.17, 15) is 0 Å². The van der Waals surface area contributed by atoms with Crippen molar-refractivity contribution in [3.05, 3.63) is 115 Å². The largest absolute Gasteiger partial charge is 0.310 e. The second kappa shape index (κ2) is 6.35. The fourth-order valence-corrected chi connectivity index (χ4v) is 4.21. The van der Waals surface area contributed by atoms with Gasteiger partial charge in [0.15, 0.2) is 0 Å². The summed E-state index contributed by atoms with van der Waals surface area (Å²) >= 11 is 0. The Hall–Kier alpha value is -3.84. The van der Waals surface area contributed by atoms with E-state index < -0.39 is 6.04 Å². The lowest BCUT2D eigenvalue weighted by atomic mass is 9.93. The van der Waals surface area contributed by atoms with Crippen LogP contribution in [0.2, 0.25) is 0 Å². The van der Waals surface area contributed by atoms with Gasteiger partial charge in [-0.25, -0.2) is 0 Å². The molecular formula is C28H19N. The van der Waals surface area contributed by atoms with Crippen LogP contribution in [0.5, 0.6) is 0 Å². The molecule has 0 aliphatic heterocycles. The zero-order chi connectivity index (χ0) is 23.6. The van der Waals surface area contributed by atoms with Gasteiger partial charge in [0.05, 0.1) is 6.85 Å². The number of benzene rings is 6. The summed E-state index contributed by atoms with van der Waals surface area (Å²) in [4.78, 5) is 1.76. The molecular weight excluding hydrogens is 350 g/mol. The number of hydrogen-bond acceptors (Lipinski definition) is 1. The van der Waals surface area contributed by atoms with Crippen LogP contribution in [0, 0.1) is 0 Å². The zero-order valence-electron chi connectivity index (χ0n) is 20.5. The van der Waals surface area contributed by atoms with Crippen LogP contribution in [0.4, 0.5) is 17.1 Å². The summed E-state index contributed by atoms with van der Waals surface area (Å²) < 4.78 is 41.7. The average molecular weight is 374 g/mol. The SMILES string of the molecule is [2H]c1c([2H])c([2H])c(N(c2ccccc2)c2cc3ccc4cccc5ccc(c2)c3c45)c([2H])c1[2H]. The smallest absolute Gasteiger partial charge is 0.0645 e. The predicted molar refractivity (Wildman–Crippen MR) is 125 cm³/mol. The van der Waals surface area contributed by atoms with Crippen molar-refractivity contribution in [2.45, 2.75) is 0 Å². The topological polar surface area (TPSA) is 3.24 Å². The molecule has 6 aromatic carbocycles. The molecule has 6 aromatic rings. The number of para-hydroxylation sites is 2. The van der Waals surface area contributed by atoms with Crippen molar-refractivity contribution < 1.29 is 6.85 Å². The normalized spacial score (nSPS) is 13.9. The van der Waals surface area contributed by atoms with Crippen molar-refractivity contribution >= 4 is 49.4 Å². The average Bonchev–Trinajstić information content (AvgIpc) is 2.87. The van der Waals surface area contributed by atoms with Crippen molar-refractivity contribution in [2.24, 2.45) is 0 Å². The van der Waals surface area contributed by atoms with E-state index in [1.54, 1.807) is 4.90 Å². The minimum atomic E-state index is -0.401. The first kappa shape index (κ1) is 11.9. The molecule has 0 unspecified atom stereocenters. The maximum absolute atomic E-state index is 8.62. The Labute approximate surface area is 176 Å². The molecule has 0 aliphatic carbocycles. The molecule has 1 nitrogen and oxygen atoms in total. The van der Waals surface area contributed by atoms with Gasteiger partial charge in [-0.05, 0) is 68.7 Å². The van der Waals surface area contributed by atoms with Gasteiger partial charge in [-0.15, -0.1) is 0 Å². The molecule has 29 heavy (non-hydrogen) atoms. The molecule has 6 rings (SSSR count). The number of hydrogen-bond donors (Lipinski definition) is 0. The molecule has 0 heterocycles. The Morgan fingerprint density at radius 3 is 1.72 bits per heavy atom. The lowest BCUT2D eigenvalue weighted by Crippen LogP contribution is -2.09. The highest BCUT2D eigenvalue weighted by Crippen LogP contribution is 2.40.